The van der Waals surface area contributed by atoms with Crippen LogP contribution in [0.1, 0.15) is 32.1 Å². The van der Waals surface area contributed by atoms with Gasteiger partial charge in [0.05, 0.1) is 11.9 Å². The number of hydrogen-bond acceptors (Lipinski definition) is 3. The molecule has 0 amide bonds. The molecule has 2 fully saturated rings. The standard InChI is InChI=1S/C13H18BrN3O/c14-12-11(15-6-5-9-1-2-9)7-16-17(13(12)18)8-10-3-4-10/h7,9-10,15H,1-6,8H2. The van der Waals surface area contributed by atoms with Crippen LogP contribution in [0.15, 0.2) is 15.5 Å². The molecule has 0 radical (unpaired) electrons. The predicted molar refractivity (Wildman–Crippen MR) is 74.8 cm³/mol. The molecule has 1 aromatic rings. The molecule has 18 heavy (non-hydrogen) atoms. The Hall–Kier alpha value is -0.840. The Morgan fingerprint density at radius 1 is 1.33 bits per heavy atom. The molecule has 2 aliphatic carbocycles. The molecule has 5 heteroatoms. The van der Waals surface area contributed by atoms with Crippen LogP contribution in [0.25, 0.3) is 0 Å². The third-order valence-corrected chi connectivity index (χ3v) is 4.44. The summed E-state index contributed by atoms with van der Waals surface area (Å²) >= 11 is 3.39. The van der Waals surface area contributed by atoms with E-state index in [4.69, 9.17) is 0 Å². The molecule has 98 valence electrons. The van der Waals surface area contributed by atoms with Crippen molar-refractivity contribution in [2.75, 3.05) is 11.9 Å². The lowest BCUT2D eigenvalue weighted by Gasteiger charge is -2.09. The quantitative estimate of drug-likeness (QED) is 0.878. The highest BCUT2D eigenvalue weighted by atomic mass is 79.9. The Balaban J connectivity index is 1.65. The van der Waals surface area contributed by atoms with Gasteiger partial charge >= 0.3 is 0 Å². The van der Waals surface area contributed by atoms with Crippen LogP contribution in [0, 0.1) is 11.8 Å². The van der Waals surface area contributed by atoms with E-state index in [0.717, 1.165) is 24.7 Å². The molecule has 0 bridgehead atoms. The van der Waals surface area contributed by atoms with E-state index in [1.54, 1.807) is 10.9 Å². The Morgan fingerprint density at radius 3 is 2.72 bits per heavy atom. The molecule has 1 heterocycles. The molecule has 0 aromatic carbocycles. The topological polar surface area (TPSA) is 46.9 Å². The van der Waals surface area contributed by atoms with Crippen molar-refractivity contribution in [1.82, 2.24) is 9.78 Å². The minimum Gasteiger partial charge on any atom is -0.383 e. The Labute approximate surface area is 115 Å². The summed E-state index contributed by atoms with van der Waals surface area (Å²) in [7, 11) is 0. The lowest BCUT2D eigenvalue weighted by molar-refractivity contribution is 0.531. The fraction of sp³-hybridized carbons (Fsp3) is 0.692. The van der Waals surface area contributed by atoms with Crippen molar-refractivity contribution in [1.29, 1.82) is 0 Å². The molecule has 1 aromatic heterocycles. The predicted octanol–water partition coefficient (Wildman–Crippen LogP) is 2.63. The molecule has 0 atom stereocenters. The first-order valence-corrected chi connectivity index (χ1v) is 7.53. The van der Waals surface area contributed by atoms with E-state index < -0.39 is 0 Å². The molecule has 4 nitrogen and oxygen atoms in total. The second-order valence-electron chi connectivity index (χ2n) is 5.46. The highest BCUT2D eigenvalue weighted by Gasteiger charge is 2.23. The number of anilines is 1. The monoisotopic (exact) mass is 311 g/mol. The fourth-order valence-corrected chi connectivity index (χ4v) is 2.53. The van der Waals surface area contributed by atoms with Gasteiger partial charge in [-0.2, -0.15) is 5.10 Å². The van der Waals surface area contributed by atoms with E-state index in [1.165, 1.54) is 32.1 Å². The maximum atomic E-state index is 12.1. The molecular weight excluding hydrogens is 294 g/mol. The minimum atomic E-state index is -0.0154. The van der Waals surface area contributed by atoms with Crippen LogP contribution >= 0.6 is 15.9 Å². The molecular formula is C13H18BrN3O. The van der Waals surface area contributed by atoms with E-state index in [2.05, 4.69) is 26.3 Å². The van der Waals surface area contributed by atoms with Crippen molar-refractivity contribution in [3.8, 4) is 0 Å². The van der Waals surface area contributed by atoms with Gasteiger partial charge < -0.3 is 5.32 Å². The number of nitrogens with zero attached hydrogens (tertiary/aromatic N) is 2. The third-order valence-electron chi connectivity index (χ3n) is 3.68. The lowest BCUT2D eigenvalue weighted by Crippen LogP contribution is -2.25. The first-order chi connectivity index (χ1) is 8.74. The van der Waals surface area contributed by atoms with Gasteiger partial charge in [-0.15, -0.1) is 0 Å². The number of nitrogens with one attached hydrogen (secondary N) is 1. The minimum absolute atomic E-state index is 0.0154. The molecule has 1 N–H and O–H groups in total. The first kappa shape index (κ1) is 12.2. The molecule has 2 aliphatic rings. The van der Waals surface area contributed by atoms with Crippen LogP contribution in [0.5, 0.6) is 0 Å². The van der Waals surface area contributed by atoms with E-state index in [1.807, 2.05) is 0 Å². The molecule has 3 rings (SSSR count). The zero-order chi connectivity index (χ0) is 12.5. The number of halogens is 1. The summed E-state index contributed by atoms with van der Waals surface area (Å²) in [5, 5.41) is 7.54. The summed E-state index contributed by atoms with van der Waals surface area (Å²) in [6.07, 6.45) is 8.15. The Morgan fingerprint density at radius 2 is 2.06 bits per heavy atom. The highest BCUT2D eigenvalue weighted by Crippen LogP contribution is 2.32. The van der Waals surface area contributed by atoms with Crippen molar-refractivity contribution in [3.05, 3.63) is 21.0 Å². The van der Waals surface area contributed by atoms with Gasteiger partial charge in [0.2, 0.25) is 0 Å². The van der Waals surface area contributed by atoms with Crippen molar-refractivity contribution in [2.45, 2.75) is 38.6 Å². The highest BCUT2D eigenvalue weighted by molar-refractivity contribution is 9.10. The number of aromatic nitrogens is 2. The lowest BCUT2D eigenvalue weighted by atomic mass is 10.3. The summed E-state index contributed by atoms with van der Waals surface area (Å²) in [5.74, 6) is 1.57. The van der Waals surface area contributed by atoms with Gasteiger partial charge in [-0.3, -0.25) is 4.79 Å². The smallest absolute Gasteiger partial charge is 0.283 e. The summed E-state index contributed by atoms with van der Waals surface area (Å²) in [4.78, 5) is 12.1. The van der Waals surface area contributed by atoms with E-state index in [0.29, 0.717) is 10.4 Å². The number of rotatable bonds is 6. The molecule has 2 saturated carbocycles. The summed E-state index contributed by atoms with van der Waals surface area (Å²) in [6.45, 7) is 1.69. The van der Waals surface area contributed by atoms with Crippen molar-refractivity contribution >= 4 is 21.6 Å². The van der Waals surface area contributed by atoms with Crippen molar-refractivity contribution in [2.24, 2.45) is 11.8 Å². The van der Waals surface area contributed by atoms with Crippen molar-refractivity contribution < 1.29 is 0 Å². The SMILES string of the molecule is O=c1c(Br)c(NCCC2CC2)cnn1CC1CC1. The molecule has 0 unspecified atom stereocenters. The second kappa shape index (κ2) is 5.03. The van der Waals surface area contributed by atoms with E-state index in [9.17, 15) is 4.79 Å². The average Bonchev–Trinajstić information content (AvgIpc) is 3.22. The average molecular weight is 312 g/mol. The van der Waals surface area contributed by atoms with Gasteiger partial charge in [0.25, 0.3) is 5.56 Å². The second-order valence-corrected chi connectivity index (χ2v) is 6.25. The summed E-state index contributed by atoms with van der Waals surface area (Å²) in [5.41, 5.74) is 0.811. The zero-order valence-electron chi connectivity index (χ0n) is 10.4. The fourth-order valence-electron chi connectivity index (χ4n) is 2.08. The van der Waals surface area contributed by atoms with Crippen LogP contribution in [0.3, 0.4) is 0 Å². The van der Waals surface area contributed by atoms with Gasteiger partial charge in [-0.05, 0) is 47.0 Å². The zero-order valence-corrected chi connectivity index (χ0v) is 11.9. The van der Waals surface area contributed by atoms with Gasteiger partial charge in [-0.25, -0.2) is 4.68 Å². The van der Waals surface area contributed by atoms with Gasteiger partial charge in [0, 0.05) is 13.1 Å². The summed E-state index contributed by atoms with van der Waals surface area (Å²) < 4.78 is 2.20. The molecule has 0 aliphatic heterocycles. The van der Waals surface area contributed by atoms with E-state index in [-0.39, 0.29) is 5.56 Å². The van der Waals surface area contributed by atoms with Crippen LogP contribution in [-0.4, -0.2) is 16.3 Å². The van der Waals surface area contributed by atoms with Gasteiger partial charge in [0.1, 0.15) is 4.47 Å². The van der Waals surface area contributed by atoms with Crippen LogP contribution in [0.4, 0.5) is 5.69 Å². The summed E-state index contributed by atoms with van der Waals surface area (Å²) in [6, 6.07) is 0. The maximum Gasteiger partial charge on any atom is 0.283 e. The van der Waals surface area contributed by atoms with E-state index >= 15 is 0 Å². The van der Waals surface area contributed by atoms with Crippen molar-refractivity contribution in [3.63, 3.8) is 0 Å². The van der Waals surface area contributed by atoms with Gasteiger partial charge in [-0.1, -0.05) is 12.8 Å². The first-order valence-electron chi connectivity index (χ1n) is 6.73. The normalized spacial score (nSPS) is 18.9. The van der Waals surface area contributed by atoms with Crippen LogP contribution in [0.2, 0.25) is 0 Å². The van der Waals surface area contributed by atoms with Gasteiger partial charge in [0.15, 0.2) is 0 Å². The maximum absolute atomic E-state index is 12.1. The molecule has 0 spiro atoms. The third kappa shape index (κ3) is 2.94. The Kier molecular flexibility index (Phi) is 3.41. The Bertz CT molecular complexity index is 491. The number of hydrogen-bond donors (Lipinski definition) is 1. The largest absolute Gasteiger partial charge is 0.383 e. The van der Waals surface area contributed by atoms with Crippen LogP contribution < -0.4 is 10.9 Å². The molecule has 0 saturated heterocycles. The van der Waals surface area contributed by atoms with Crippen LogP contribution in [-0.2, 0) is 6.54 Å².